The van der Waals surface area contributed by atoms with Crippen LogP contribution in [0.5, 0.6) is 5.75 Å². The van der Waals surface area contributed by atoms with Crippen molar-refractivity contribution in [2.45, 2.75) is 135 Å². The van der Waals surface area contributed by atoms with Crippen molar-refractivity contribution >= 4 is 47.7 Å². The van der Waals surface area contributed by atoms with E-state index in [1.807, 2.05) is 27.7 Å². The standard InChI is InChI=1S/C48H70N4O19/c1-11-20-63-43(60)41-39(67-30(3)54)40(68-31(4)55)42(69-32(5)56)44(71-41)70-35-14-13-33(25-53)23-34(35)24-50-36(57)16-19-49-37(58)26-66-48(27-51-45(61)64-21-12-2)28-52(29-48)38(59)15-17-47(8,9)65-22-18-46(6,7)62-10/h11-14,23,39-42,44,53H,1-2,15-22,24-29H2,3-10H3,(H,49,58)(H,50,57)(H,51,61)/t39-,40-,41-,42+,44+/m0/s1. The molecule has 2 fully saturated rings. The summed E-state index contributed by atoms with van der Waals surface area (Å²) in [5.41, 5.74) is -1.37. The van der Waals surface area contributed by atoms with Crippen molar-refractivity contribution in [2.24, 2.45) is 0 Å². The number of likely N-dealkylation sites (tertiary alicyclic amines) is 1. The summed E-state index contributed by atoms with van der Waals surface area (Å²) in [4.78, 5) is 103. The van der Waals surface area contributed by atoms with Crippen molar-refractivity contribution in [3.8, 4) is 5.75 Å². The lowest BCUT2D eigenvalue weighted by atomic mass is 9.92. The monoisotopic (exact) mass is 1010 g/mol. The molecule has 4 amide bonds. The topological polar surface area (TPSA) is 288 Å². The van der Waals surface area contributed by atoms with Gasteiger partial charge in [0.2, 0.25) is 30.1 Å². The molecule has 71 heavy (non-hydrogen) atoms. The number of nitrogens with one attached hydrogen (secondary N) is 3. The summed E-state index contributed by atoms with van der Waals surface area (Å²) < 4.78 is 56.0. The molecule has 396 valence electrons. The molecule has 1 aromatic carbocycles. The minimum Gasteiger partial charge on any atom is -0.460 e. The molecule has 0 aromatic heterocycles. The Morgan fingerprint density at radius 2 is 1.45 bits per heavy atom. The zero-order chi connectivity index (χ0) is 52.9. The van der Waals surface area contributed by atoms with Crippen LogP contribution in [-0.4, -0.2) is 165 Å². The molecule has 23 nitrogen and oxygen atoms in total. The van der Waals surface area contributed by atoms with Gasteiger partial charge in [0, 0.05) is 59.4 Å². The number of ether oxygens (including phenoxy) is 10. The smallest absolute Gasteiger partial charge is 0.407 e. The van der Waals surface area contributed by atoms with Gasteiger partial charge in [-0.2, -0.15) is 0 Å². The maximum atomic E-state index is 13.2. The van der Waals surface area contributed by atoms with Crippen LogP contribution in [-0.2, 0) is 89.3 Å². The van der Waals surface area contributed by atoms with E-state index in [9.17, 15) is 43.5 Å². The molecule has 3 rings (SSSR count). The molecule has 5 atom stereocenters. The number of nitrogens with zero attached hydrogens (tertiary/aromatic N) is 1. The Morgan fingerprint density at radius 3 is 2.07 bits per heavy atom. The first kappa shape index (κ1) is 59.2. The fourth-order valence-electron chi connectivity index (χ4n) is 7.07. The second kappa shape index (κ2) is 28.0. The first-order valence-corrected chi connectivity index (χ1v) is 23.0. The number of carbonyl (C=O) groups excluding carboxylic acids is 8. The average molecular weight is 1010 g/mol. The number of benzene rings is 1. The van der Waals surface area contributed by atoms with E-state index in [0.717, 1.165) is 20.8 Å². The Morgan fingerprint density at radius 1 is 0.817 bits per heavy atom. The fourth-order valence-corrected chi connectivity index (χ4v) is 7.07. The van der Waals surface area contributed by atoms with Crippen LogP contribution in [0.1, 0.15) is 85.3 Å². The number of aliphatic hydroxyl groups is 1. The van der Waals surface area contributed by atoms with Crippen molar-refractivity contribution in [1.29, 1.82) is 0 Å². The summed E-state index contributed by atoms with van der Waals surface area (Å²) in [6.07, 6.45) is -5.36. The Hall–Kier alpha value is -6.14. The summed E-state index contributed by atoms with van der Waals surface area (Å²) in [6, 6.07) is 4.40. The first-order valence-electron chi connectivity index (χ1n) is 23.0. The van der Waals surface area contributed by atoms with Gasteiger partial charge in [-0.1, -0.05) is 31.4 Å². The first-order chi connectivity index (χ1) is 33.5. The van der Waals surface area contributed by atoms with E-state index < -0.39 is 96.9 Å². The molecule has 0 spiro atoms. The van der Waals surface area contributed by atoms with Crippen LogP contribution in [0, 0.1) is 0 Å². The second-order valence-corrected chi connectivity index (χ2v) is 17.9. The second-order valence-electron chi connectivity index (χ2n) is 17.9. The summed E-state index contributed by atoms with van der Waals surface area (Å²) in [5.74, 6) is -4.98. The third-order valence-corrected chi connectivity index (χ3v) is 11.1. The summed E-state index contributed by atoms with van der Waals surface area (Å²) >= 11 is 0. The van der Waals surface area contributed by atoms with E-state index in [0.29, 0.717) is 25.0 Å². The van der Waals surface area contributed by atoms with Gasteiger partial charge in [-0.05, 0) is 58.2 Å². The van der Waals surface area contributed by atoms with Crippen molar-refractivity contribution in [3.05, 3.63) is 54.6 Å². The van der Waals surface area contributed by atoms with Gasteiger partial charge >= 0.3 is 30.0 Å². The number of alkyl carbamates (subject to hydrolysis) is 1. The van der Waals surface area contributed by atoms with Crippen LogP contribution in [0.25, 0.3) is 0 Å². The molecule has 1 aromatic rings. The normalized spacial score (nSPS) is 19.4. The van der Waals surface area contributed by atoms with Crippen LogP contribution in [0.3, 0.4) is 0 Å². The van der Waals surface area contributed by atoms with Gasteiger partial charge < -0.3 is 73.3 Å². The summed E-state index contributed by atoms with van der Waals surface area (Å²) in [6.45, 7) is 16.9. The molecule has 0 saturated carbocycles. The van der Waals surface area contributed by atoms with E-state index in [2.05, 4.69) is 29.1 Å². The molecule has 2 aliphatic heterocycles. The molecule has 2 aliphatic rings. The number of hydrogen-bond donors (Lipinski definition) is 4. The lowest BCUT2D eigenvalue weighted by Crippen LogP contribution is -2.69. The average Bonchev–Trinajstić information content (AvgIpc) is 3.29. The summed E-state index contributed by atoms with van der Waals surface area (Å²) in [7, 11) is 1.64. The highest BCUT2D eigenvalue weighted by Crippen LogP contribution is 2.33. The molecule has 0 unspecified atom stereocenters. The number of esters is 4. The predicted molar refractivity (Wildman–Crippen MR) is 249 cm³/mol. The van der Waals surface area contributed by atoms with E-state index in [1.54, 1.807) is 12.0 Å². The number of aliphatic hydroxyl groups excluding tert-OH is 1. The highest BCUT2D eigenvalue weighted by atomic mass is 16.7. The van der Waals surface area contributed by atoms with Crippen LogP contribution >= 0.6 is 0 Å². The summed E-state index contributed by atoms with van der Waals surface area (Å²) in [5, 5.41) is 17.8. The molecular formula is C48H70N4O19. The number of carbonyl (C=O) groups is 8. The van der Waals surface area contributed by atoms with Crippen LogP contribution < -0.4 is 20.7 Å². The van der Waals surface area contributed by atoms with Gasteiger partial charge in [0.05, 0.1) is 44.1 Å². The Labute approximate surface area is 413 Å². The molecule has 0 aliphatic carbocycles. The van der Waals surface area contributed by atoms with Gasteiger partial charge in [-0.15, -0.1) is 0 Å². The van der Waals surface area contributed by atoms with Crippen LogP contribution in [0.2, 0.25) is 0 Å². The number of methoxy groups -OCH3 is 1. The lowest BCUT2D eigenvalue weighted by Gasteiger charge is -2.49. The largest absolute Gasteiger partial charge is 0.460 e. The van der Waals surface area contributed by atoms with Crippen molar-refractivity contribution in [1.82, 2.24) is 20.9 Å². The maximum absolute atomic E-state index is 13.2. The molecule has 2 saturated heterocycles. The van der Waals surface area contributed by atoms with Crippen LogP contribution in [0.15, 0.2) is 43.5 Å². The Bertz CT molecular complexity index is 2040. The molecular weight excluding hydrogens is 937 g/mol. The molecule has 0 bridgehead atoms. The van der Waals surface area contributed by atoms with E-state index in [-0.39, 0.29) is 81.6 Å². The minimum absolute atomic E-state index is 0.00486. The zero-order valence-corrected chi connectivity index (χ0v) is 41.8. The number of hydrogen-bond acceptors (Lipinski definition) is 19. The molecule has 4 N–H and O–H groups in total. The fraction of sp³-hybridized carbons (Fsp3) is 0.625. The maximum Gasteiger partial charge on any atom is 0.407 e. The van der Waals surface area contributed by atoms with Gasteiger partial charge in [0.25, 0.3) is 0 Å². The van der Waals surface area contributed by atoms with Crippen molar-refractivity contribution in [3.63, 3.8) is 0 Å². The number of rotatable bonds is 29. The Kier molecular flexibility index (Phi) is 23.4. The third kappa shape index (κ3) is 19.9. The third-order valence-electron chi connectivity index (χ3n) is 11.1. The van der Waals surface area contributed by atoms with Gasteiger partial charge in [-0.25, -0.2) is 9.59 Å². The predicted octanol–water partition coefficient (Wildman–Crippen LogP) is 1.83. The Balaban J connectivity index is 1.65. The molecule has 23 heteroatoms. The van der Waals surface area contributed by atoms with Gasteiger partial charge in [-0.3, -0.25) is 28.8 Å². The molecule has 0 radical (unpaired) electrons. The lowest BCUT2D eigenvalue weighted by molar-refractivity contribution is -0.282. The van der Waals surface area contributed by atoms with Gasteiger partial charge in [0.1, 0.15) is 31.2 Å². The van der Waals surface area contributed by atoms with Crippen molar-refractivity contribution in [2.75, 3.05) is 59.7 Å². The SMILES string of the molecule is C=CCOC(=O)NCC1(OCC(=O)NCCC(=O)NCc2cc(CO)ccc2O[C@@H]2O[C@H](C(=O)OCC=C)[C@@H](OC(C)=O)[C@H](OC(C)=O)[C@H]2OC(C)=O)CN(C(=O)CCC(C)(C)OCCC(C)(C)OC)C1. The quantitative estimate of drug-likeness (QED) is 0.0506. The van der Waals surface area contributed by atoms with E-state index in [1.165, 1.54) is 30.4 Å². The van der Waals surface area contributed by atoms with E-state index in [4.69, 9.17) is 47.4 Å². The molecule has 2 heterocycles. The van der Waals surface area contributed by atoms with Gasteiger partial charge in [0.15, 0.2) is 18.3 Å². The van der Waals surface area contributed by atoms with Crippen molar-refractivity contribution < 1.29 is 90.8 Å². The zero-order valence-electron chi connectivity index (χ0n) is 41.8. The van der Waals surface area contributed by atoms with E-state index >= 15 is 0 Å². The number of amides is 4. The minimum atomic E-state index is -1.76. The highest BCUT2D eigenvalue weighted by molar-refractivity contribution is 5.80. The highest BCUT2D eigenvalue weighted by Gasteiger charge is 2.56. The van der Waals surface area contributed by atoms with Crippen LogP contribution in [0.4, 0.5) is 4.79 Å².